The second-order valence-corrected chi connectivity index (χ2v) is 8.46. The first kappa shape index (κ1) is 20.0. The van der Waals surface area contributed by atoms with Gasteiger partial charge in [0.25, 0.3) is 0 Å². The summed E-state index contributed by atoms with van der Waals surface area (Å²) in [6.45, 7) is 1.19. The van der Waals surface area contributed by atoms with Crippen molar-refractivity contribution in [3.63, 3.8) is 0 Å². The fraction of sp³-hybridized carbons (Fsp3) is 0.316. The maximum absolute atomic E-state index is 14.3. The Balaban J connectivity index is 1.69. The van der Waals surface area contributed by atoms with E-state index in [2.05, 4.69) is 5.32 Å². The van der Waals surface area contributed by atoms with Crippen molar-refractivity contribution < 1.29 is 21.6 Å². The standard InChI is InChI=1S/C19H18F3N3O2S/c20-17-10-13(11-23)3-8-18(17)25-9-1-2-15(12-25)24-14-4-6-16(7-5-14)28(26,27)19(21)22/h3-8,10,15,19,24H,1-2,9,12H2. The van der Waals surface area contributed by atoms with Crippen LogP contribution in [0.5, 0.6) is 0 Å². The lowest BCUT2D eigenvalue weighted by atomic mass is 10.0. The predicted molar refractivity (Wildman–Crippen MR) is 99.6 cm³/mol. The van der Waals surface area contributed by atoms with Gasteiger partial charge >= 0.3 is 5.76 Å². The van der Waals surface area contributed by atoms with E-state index in [0.717, 1.165) is 25.0 Å². The number of hydrogen-bond acceptors (Lipinski definition) is 5. The molecule has 0 bridgehead atoms. The minimum absolute atomic E-state index is 0.0265. The highest BCUT2D eigenvalue weighted by Crippen LogP contribution is 2.26. The lowest BCUT2D eigenvalue weighted by Crippen LogP contribution is -2.42. The summed E-state index contributed by atoms with van der Waals surface area (Å²) in [6, 6.07) is 11.4. The normalized spacial score (nSPS) is 17.4. The van der Waals surface area contributed by atoms with Gasteiger partial charge < -0.3 is 10.2 Å². The topological polar surface area (TPSA) is 73.2 Å². The minimum Gasteiger partial charge on any atom is -0.381 e. The molecule has 1 N–H and O–H groups in total. The summed E-state index contributed by atoms with van der Waals surface area (Å²) in [5.41, 5.74) is 1.27. The van der Waals surface area contributed by atoms with E-state index < -0.39 is 26.3 Å². The zero-order valence-electron chi connectivity index (χ0n) is 14.8. The molecule has 2 aromatic carbocycles. The van der Waals surface area contributed by atoms with E-state index in [-0.39, 0.29) is 11.6 Å². The van der Waals surface area contributed by atoms with Crippen molar-refractivity contribution in [2.75, 3.05) is 23.3 Å². The Bertz CT molecular complexity index is 988. The fourth-order valence-corrected chi connectivity index (χ4v) is 3.95. The molecule has 2 aromatic rings. The SMILES string of the molecule is N#Cc1ccc(N2CCCC(Nc3ccc(S(=O)(=O)C(F)F)cc3)C2)c(F)c1. The number of nitrogens with one attached hydrogen (secondary N) is 1. The fourth-order valence-electron chi connectivity index (χ4n) is 3.23. The van der Waals surface area contributed by atoms with Crippen LogP contribution in [-0.2, 0) is 9.84 Å². The molecular formula is C19H18F3N3O2S. The van der Waals surface area contributed by atoms with Gasteiger partial charge in [-0.3, -0.25) is 0 Å². The quantitative estimate of drug-likeness (QED) is 0.814. The molecule has 0 radical (unpaired) electrons. The molecule has 0 spiro atoms. The molecule has 1 unspecified atom stereocenters. The van der Waals surface area contributed by atoms with Crippen LogP contribution in [0.25, 0.3) is 0 Å². The monoisotopic (exact) mass is 409 g/mol. The maximum Gasteiger partial charge on any atom is 0.341 e. The average molecular weight is 409 g/mol. The van der Waals surface area contributed by atoms with Gasteiger partial charge in [-0.2, -0.15) is 14.0 Å². The van der Waals surface area contributed by atoms with Crippen LogP contribution in [0.15, 0.2) is 47.4 Å². The van der Waals surface area contributed by atoms with Crippen LogP contribution in [0, 0.1) is 17.1 Å². The summed E-state index contributed by atoms with van der Waals surface area (Å²) < 4.78 is 62.4. The first-order valence-corrected chi connectivity index (χ1v) is 10.2. The number of anilines is 2. The van der Waals surface area contributed by atoms with Crippen molar-refractivity contribution in [1.29, 1.82) is 5.26 Å². The van der Waals surface area contributed by atoms with Crippen LogP contribution >= 0.6 is 0 Å². The molecular weight excluding hydrogens is 391 g/mol. The van der Waals surface area contributed by atoms with E-state index in [1.165, 1.54) is 18.2 Å². The Labute approximate surface area is 161 Å². The number of sulfone groups is 1. The summed E-state index contributed by atoms with van der Waals surface area (Å²) in [4.78, 5) is 1.45. The smallest absolute Gasteiger partial charge is 0.341 e. The Hall–Kier alpha value is -2.73. The molecule has 0 aromatic heterocycles. The highest BCUT2D eigenvalue weighted by molar-refractivity contribution is 7.91. The molecule has 1 fully saturated rings. The molecule has 148 valence electrons. The van der Waals surface area contributed by atoms with Gasteiger partial charge in [0, 0.05) is 24.8 Å². The first-order chi connectivity index (χ1) is 13.3. The van der Waals surface area contributed by atoms with Gasteiger partial charge in [-0.05, 0) is 55.3 Å². The maximum atomic E-state index is 14.3. The second-order valence-electron chi connectivity index (χ2n) is 6.54. The van der Waals surface area contributed by atoms with Gasteiger partial charge in [0.05, 0.1) is 22.2 Å². The highest BCUT2D eigenvalue weighted by Gasteiger charge is 2.26. The van der Waals surface area contributed by atoms with Crippen LogP contribution in [0.2, 0.25) is 0 Å². The molecule has 0 aliphatic carbocycles. The van der Waals surface area contributed by atoms with Crippen LogP contribution in [0.3, 0.4) is 0 Å². The molecule has 1 atom stereocenters. The summed E-state index contributed by atoms with van der Waals surface area (Å²) in [7, 11) is -4.62. The lowest BCUT2D eigenvalue weighted by Gasteiger charge is -2.35. The van der Waals surface area contributed by atoms with Gasteiger partial charge in [0.2, 0.25) is 9.84 Å². The molecule has 0 saturated carbocycles. The number of alkyl halides is 2. The van der Waals surface area contributed by atoms with Crippen molar-refractivity contribution in [1.82, 2.24) is 0 Å². The molecule has 28 heavy (non-hydrogen) atoms. The van der Waals surface area contributed by atoms with E-state index in [1.54, 1.807) is 12.1 Å². The van der Waals surface area contributed by atoms with E-state index in [1.807, 2.05) is 11.0 Å². The van der Waals surface area contributed by atoms with E-state index >= 15 is 0 Å². The zero-order chi connectivity index (χ0) is 20.3. The van der Waals surface area contributed by atoms with Crippen molar-refractivity contribution in [3.8, 4) is 6.07 Å². The Morgan fingerprint density at radius 2 is 1.89 bits per heavy atom. The van der Waals surface area contributed by atoms with Crippen molar-refractivity contribution >= 4 is 21.2 Å². The largest absolute Gasteiger partial charge is 0.381 e. The van der Waals surface area contributed by atoms with Gasteiger partial charge in [-0.15, -0.1) is 0 Å². The van der Waals surface area contributed by atoms with Crippen LogP contribution in [-0.4, -0.2) is 33.3 Å². The number of nitrogens with zero attached hydrogens (tertiary/aromatic N) is 2. The summed E-state index contributed by atoms with van der Waals surface area (Å²) in [5, 5.41) is 12.1. The van der Waals surface area contributed by atoms with Gasteiger partial charge in [-0.1, -0.05) is 0 Å². The number of piperidine rings is 1. The van der Waals surface area contributed by atoms with Crippen LogP contribution in [0.1, 0.15) is 18.4 Å². The third-order valence-corrected chi connectivity index (χ3v) is 6.03. The molecule has 1 saturated heterocycles. The van der Waals surface area contributed by atoms with Crippen LogP contribution in [0.4, 0.5) is 24.5 Å². The van der Waals surface area contributed by atoms with Gasteiger partial charge in [0.1, 0.15) is 5.82 Å². The third kappa shape index (κ3) is 4.22. The van der Waals surface area contributed by atoms with Crippen molar-refractivity contribution in [2.45, 2.75) is 29.5 Å². The molecule has 5 nitrogen and oxygen atoms in total. The Morgan fingerprint density at radius 1 is 1.18 bits per heavy atom. The van der Waals surface area contributed by atoms with Crippen LogP contribution < -0.4 is 10.2 Å². The number of nitriles is 1. The average Bonchev–Trinajstić information content (AvgIpc) is 2.68. The number of benzene rings is 2. The predicted octanol–water partition coefficient (Wildman–Crippen LogP) is 3.77. The summed E-state index contributed by atoms with van der Waals surface area (Å²) in [6.07, 6.45) is 1.64. The number of rotatable bonds is 5. The Morgan fingerprint density at radius 3 is 2.50 bits per heavy atom. The molecule has 1 heterocycles. The van der Waals surface area contributed by atoms with Crippen molar-refractivity contribution in [2.24, 2.45) is 0 Å². The lowest BCUT2D eigenvalue weighted by molar-refractivity contribution is 0.234. The first-order valence-electron chi connectivity index (χ1n) is 8.64. The number of hydrogen-bond donors (Lipinski definition) is 1. The summed E-state index contributed by atoms with van der Waals surface area (Å²) >= 11 is 0. The number of halogens is 3. The third-order valence-electron chi connectivity index (χ3n) is 4.63. The van der Waals surface area contributed by atoms with E-state index in [4.69, 9.17) is 5.26 Å². The highest BCUT2D eigenvalue weighted by atomic mass is 32.2. The van der Waals surface area contributed by atoms with E-state index in [9.17, 15) is 21.6 Å². The van der Waals surface area contributed by atoms with E-state index in [0.29, 0.717) is 24.5 Å². The molecule has 1 aliphatic heterocycles. The second kappa shape index (κ2) is 8.10. The molecule has 9 heteroatoms. The molecule has 1 aliphatic rings. The molecule has 3 rings (SSSR count). The minimum atomic E-state index is -4.62. The Kier molecular flexibility index (Phi) is 5.79. The van der Waals surface area contributed by atoms with Gasteiger partial charge in [0.15, 0.2) is 0 Å². The molecule has 0 amide bonds. The summed E-state index contributed by atoms with van der Waals surface area (Å²) in [5.74, 6) is -3.92. The zero-order valence-corrected chi connectivity index (χ0v) is 15.6. The van der Waals surface area contributed by atoms with Gasteiger partial charge in [-0.25, -0.2) is 12.8 Å². The van der Waals surface area contributed by atoms with Crippen molar-refractivity contribution in [3.05, 3.63) is 53.8 Å².